The molecule has 0 amide bonds. The van der Waals surface area contributed by atoms with Crippen LogP contribution in [-0.4, -0.2) is 83.2 Å². The fraction of sp³-hybridized carbons (Fsp3) is 0.522. The molecule has 1 aromatic heterocycles. The van der Waals surface area contributed by atoms with E-state index >= 15 is 0 Å². The van der Waals surface area contributed by atoms with Gasteiger partial charge < -0.3 is 20.0 Å². The molecule has 30 heavy (non-hydrogen) atoms. The third kappa shape index (κ3) is 3.68. The summed E-state index contributed by atoms with van der Waals surface area (Å²) >= 11 is 0. The number of pyridine rings is 1. The van der Waals surface area contributed by atoms with Crippen molar-refractivity contribution < 1.29 is 4.79 Å². The molecular formula is C23H30N6O. The van der Waals surface area contributed by atoms with Crippen molar-refractivity contribution in [1.82, 2.24) is 25.0 Å². The van der Waals surface area contributed by atoms with Crippen LogP contribution in [0.25, 0.3) is 0 Å². The number of nitrogens with one attached hydrogen (secondary N) is 1. The molecule has 3 atom stereocenters. The van der Waals surface area contributed by atoms with E-state index < -0.39 is 0 Å². The fourth-order valence-corrected chi connectivity index (χ4v) is 4.96. The smallest absolute Gasteiger partial charge is 0.136 e. The predicted molar refractivity (Wildman–Crippen MR) is 117 cm³/mol. The normalized spacial score (nSPS) is 29.7. The highest BCUT2D eigenvalue weighted by atomic mass is 16.1. The minimum atomic E-state index is -0.0292. The van der Waals surface area contributed by atoms with Crippen molar-refractivity contribution in [1.29, 1.82) is 0 Å². The zero-order valence-electron chi connectivity index (χ0n) is 17.8. The van der Waals surface area contributed by atoms with Crippen molar-refractivity contribution in [3.63, 3.8) is 0 Å². The molecule has 4 aliphatic heterocycles. The molecule has 0 radical (unpaired) electrons. The van der Waals surface area contributed by atoms with E-state index in [0.717, 1.165) is 49.8 Å². The number of allylic oxidation sites excluding steroid dienone is 2. The van der Waals surface area contributed by atoms with Crippen LogP contribution in [0.4, 0.5) is 0 Å². The Morgan fingerprint density at radius 2 is 2.00 bits per heavy atom. The first-order valence-corrected chi connectivity index (χ1v) is 10.9. The van der Waals surface area contributed by atoms with E-state index in [1.54, 1.807) is 0 Å². The number of piperidine rings is 1. The maximum absolute atomic E-state index is 12.6. The number of likely N-dealkylation sites (N-methyl/N-ethyl adjacent to an activating group) is 1. The molecule has 0 aromatic carbocycles. The van der Waals surface area contributed by atoms with Crippen LogP contribution in [0.15, 0.2) is 47.4 Å². The fourth-order valence-electron chi connectivity index (χ4n) is 4.96. The van der Waals surface area contributed by atoms with Crippen LogP contribution in [0, 0.1) is 6.92 Å². The number of nitrogens with zero attached hydrogens (tertiary/aromatic N) is 5. The molecule has 158 valence electrons. The van der Waals surface area contributed by atoms with Crippen molar-refractivity contribution >= 4 is 11.6 Å². The highest BCUT2D eigenvalue weighted by molar-refractivity contribution is 5.97. The lowest BCUT2D eigenvalue weighted by molar-refractivity contribution is -0.121. The number of carbonyl (C=O) groups excluding carboxylic acids is 1. The third-order valence-corrected chi connectivity index (χ3v) is 6.68. The van der Waals surface area contributed by atoms with Gasteiger partial charge in [0.05, 0.1) is 17.8 Å². The van der Waals surface area contributed by atoms with Crippen LogP contribution < -0.4 is 5.32 Å². The molecule has 4 aliphatic rings. The first kappa shape index (κ1) is 19.5. The van der Waals surface area contributed by atoms with Gasteiger partial charge in [-0.1, -0.05) is 12.1 Å². The van der Waals surface area contributed by atoms with Gasteiger partial charge in [0.25, 0.3) is 0 Å². The second-order valence-corrected chi connectivity index (χ2v) is 8.82. The van der Waals surface area contributed by atoms with Gasteiger partial charge in [-0.15, -0.1) is 0 Å². The molecule has 2 saturated heterocycles. The van der Waals surface area contributed by atoms with Gasteiger partial charge >= 0.3 is 0 Å². The molecule has 0 bridgehead atoms. The van der Waals surface area contributed by atoms with Crippen molar-refractivity contribution in [2.75, 3.05) is 39.8 Å². The Balaban J connectivity index is 1.32. The number of aromatic nitrogens is 1. The minimum Gasteiger partial charge on any atom is -0.355 e. The van der Waals surface area contributed by atoms with Gasteiger partial charge in [-0.3, -0.25) is 14.8 Å². The van der Waals surface area contributed by atoms with E-state index in [-0.39, 0.29) is 18.1 Å². The maximum Gasteiger partial charge on any atom is 0.136 e. The molecule has 0 spiro atoms. The Kier molecular flexibility index (Phi) is 5.16. The number of amidine groups is 1. The molecule has 5 rings (SSSR count). The Labute approximate surface area is 178 Å². The van der Waals surface area contributed by atoms with E-state index in [9.17, 15) is 4.79 Å². The Morgan fingerprint density at radius 3 is 2.80 bits per heavy atom. The molecular weight excluding hydrogens is 376 g/mol. The summed E-state index contributed by atoms with van der Waals surface area (Å²) in [5.74, 6) is 2.55. The Hall–Kier alpha value is -2.51. The van der Waals surface area contributed by atoms with Crippen molar-refractivity contribution in [3.8, 4) is 0 Å². The number of fused-ring (bicyclic) bond motifs is 1. The SMILES string of the molecule is Cc1cccnc1[C@@H]1CC(=O)C[C@H](C2CN3C(N4CCN(C)CC4)=CC=CC3=N2)N1. The van der Waals surface area contributed by atoms with Crippen molar-refractivity contribution in [3.05, 3.63) is 53.6 Å². The molecule has 1 N–H and O–H groups in total. The number of hydrogen-bond acceptors (Lipinski definition) is 7. The monoisotopic (exact) mass is 406 g/mol. The molecule has 7 nitrogen and oxygen atoms in total. The highest BCUT2D eigenvalue weighted by Crippen LogP contribution is 2.30. The summed E-state index contributed by atoms with van der Waals surface area (Å²) in [5, 5.41) is 3.71. The second kappa shape index (κ2) is 7.96. The minimum absolute atomic E-state index is 0.0292. The lowest BCUT2D eigenvalue weighted by atomic mass is 9.90. The van der Waals surface area contributed by atoms with Gasteiger partial charge in [0.2, 0.25) is 0 Å². The average molecular weight is 407 g/mol. The van der Waals surface area contributed by atoms with E-state index in [4.69, 9.17) is 4.99 Å². The van der Waals surface area contributed by atoms with Gasteiger partial charge in [0.1, 0.15) is 17.4 Å². The number of aryl methyl sites for hydroxylation is 1. The van der Waals surface area contributed by atoms with Crippen molar-refractivity contribution in [2.45, 2.75) is 37.9 Å². The molecule has 1 unspecified atom stereocenters. The maximum atomic E-state index is 12.6. The van der Waals surface area contributed by atoms with Gasteiger partial charge in [0, 0.05) is 57.8 Å². The number of hydrogen-bond donors (Lipinski definition) is 1. The Bertz CT molecular complexity index is 914. The summed E-state index contributed by atoms with van der Waals surface area (Å²) in [6.07, 6.45) is 9.25. The average Bonchev–Trinajstić information content (AvgIpc) is 3.19. The quantitative estimate of drug-likeness (QED) is 0.821. The number of ketones is 1. The highest BCUT2D eigenvalue weighted by Gasteiger charge is 2.39. The number of Topliss-reactive ketones (excluding diaryl/α,β-unsaturated/α-hetero) is 1. The van der Waals surface area contributed by atoms with E-state index in [2.05, 4.69) is 63.3 Å². The summed E-state index contributed by atoms with van der Waals surface area (Å²) in [4.78, 5) is 29.4. The first-order chi connectivity index (χ1) is 14.6. The molecule has 5 heterocycles. The van der Waals surface area contributed by atoms with E-state index in [0.29, 0.717) is 18.6 Å². The zero-order chi connectivity index (χ0) is 20.7. The lowest BCUT2D eigenvalue weighted by Gasteiger charge is -2.40. The number of rotatable bonds is 3. The number of carbonyl (C=O) groups is 1. The molecule has 1 aromatic rings. The van der Waals surface area contributed by atoms with Gasteiger partial charge in [-0.25, -0.2) is 0 Å². The Morgan fingerprint density at radius 1 is 1.17 bits per heavy atom. The van der Waals surface area contributed by atoms with Crippen LogP contribution in [0.5, 0.6) is 0 Å². The topological polar surface area (TPSA) is 64.1 Å². The third-order valence-electron chi connectivity index (χ3n) is 6.68. The number of aliphatic imine (C=N–C) groups is 1. The molecule has 0 saturated carbocycles. The van der Waals surface area contributed by atoms with Crippen LogP contribution in [0.3, 0.4) is 0 Å². The van der Waals surface area contributed by atoms with E-state index in [1.165, 1.54) is 5.82 Å². The molecule has 7 heteroatoms. The summed E-state index contributed by atoms with van der Waals surface area (Å²) in [5.41, 5.74) is 2.11. The van der Waals surface area contributed by atoms with Gasteiger partial charge in [-0.2, -0.15) is 0 Å². The van der Waals surface area contributed by atoms with Crippen molar-refractivity contribution in [2.24, 2.45) is 4.99 Å². The van der Waals surface area contributed by atoms with Crippen LogP contribution in [-0.2, 0) is 4.79 Å². The standard InChI is InChI=1S/C23H30N6O/c1-16-5-4-8-24-23(16)19-14-17(30)13-18(25-19)20-15-29-21(26-20)6-3-7-22(29)28-11-9-27(2)10-12-28/h3-8,18-20,25H,9-15H2,1-2H3/t18-,19+,20?/m1/s1. The summed E-state index contributed by atoms with van der Waals surface area (Å²) in [7, 11) is 2.18. The van der Waals surface area contributed by atoms with Gasteiger partial charge in [0.15, 0.2) is 0 Å². The summed E-state index contributed by atoms with van der Waals surface area (Å²) < 4.78 is 0. The predicted octanol–water partition coefficient (Wildman–Crippen LogP) is 1.49. The number of piperazine rings is 1. The summed E-state index contributed by atoms with van der Waals surface area (Å²) in [6.45, 7) is 7.10. The largest absolute Gasteiger partial charge is 0.355 e. The summed E-state index contributed by atoms with van der Waals surface area (Å²) in [6, 6.07) is 4.08. The first-order valence-electron chi connectivity index (χ1n) is 10.9. The van der Waals surface area contributed by atoms with Crippen LogP contribution >= 0.6 is 0 Å². The molecule has 2 fully saturated rings. The second-order valence-electron chi connectivity index (χ2n) is 8.82. The molecule has 0 aliphatic carbocycles. The lowest BCUT2D eigenvalue weighted by Crippen LogP contribution is -2.51. The zero-order valence-corrected chi connectivity index (χ0v) is 17.8. The van der Waals surface area contributed by atoms with Crippen LogP contribution in [0.2, 0.25) is 0 Å². The van der Waals surface area contributed by atoms with Crippen LogP contribution in [0.1, 0.15) is 30.1 Å². The van der Waals surface area contributed by atoms with E-state index in [1.807, 2.05) is 12.3 Å². The van der Waals surface area contributed by atoms with Gasteiger partial charge in [-0.05, 0) is 37.8 Å².